The Morgan fingerprint density at radius 3 is 2.67 bits per heavy atom. The highest BCUT2D eigenvalue weighted by Crippen LogP contribution is 2.29. The topological polar surface area (TPSA) is 85.9 Å². The Balaban J connectivity index is 1.97. The number of ether oxygens (including phenoxy) is 3. The van der Waals surface area contributed by atoms with Crippen LogP contribution in [0.2, 0.25) is 0 Å². The Labute approximate surface area is 175 Å². The van der Waals surface area contributed by atoms with Gasteiger partial charge in [-0.1, -0.05) is 30.3 Å². The average Bonchev–Trinajstić information content (AvgIpc) is 3.08. The third-order valence-corrected chi connectivity index (χ3v) is 4.10. The van der Waals surface area contributed by atoms with Gasteiger partial charge in [-0.05, 0) is 44.5 Å². The summed E-state index contributed by atoms with van der Waals surface area (Å²) in [6.07, 6.45) is 3.06. The smallest absolute Gasteiger partial charge is 0.349 e. The number of esters is 1. The number of imidazole rings is 1. The first kappa shape index (κ1) is 20.9. The van der Waals surface area contributed by atoms with Gasteiger partial charge in [0.15, 0.2) is 11.4 Å². The van der Waals surface area contributed by atoms with Crippen LogP contribution in [0.4, 0.5) is 0 Å². The van der Waals surface area contributed by atoms with Gasteiger partial charge < -0.3 is 14.2 Å². The summed E-state index contributed by atoms with van der Waals surface area (Å²) < 4.78 is 18.5. The quantitative estimate of drug-likeness (QED) is 0.318. The molecule has 0 saturated heterocycles. The molecule has 0 spiro atoms. The summed E-state index contributed by atoms with van der Waals surface area (Å²) in [5.74, 6) is 0.173. The van der Waals surface area contributed by atoms with Gasteiger partial charge >= 0.3 is 5.97 Å². The van der Waals surface area contributed by atoms with E-state index < -0.39 is 5.97 Å². The molecule has 3 aromatic rings. The molecule has 0 radical (unpaired) electrons. The summed E-state index contributed by atoms with van der Waals surface area (Å²) in [5.41, 5.74) is 1.69. The fourth-order valence-corrected chi connectivity index (χ4v) is 2.82. The first-order valence-corrected chi connectivity index (χ1v) is 9.66. The van der Waals surface area contributed by atoms with Crippen molar-refractivity contribution in [1.29, 1.82) is 5.26 Å². The Morgan fingerprint density at radius 1 is 1.23 bits per heavy atom. The molecule has 2 heterocycles. The molecule has 0 atom stereocenters. The molecule has 7 nitrogen and oxygen atoms in total. The van der Waals surface area contributed by atoms with Crippen LogP contribution in [0.3, 0.4) is 0 Å². The van der Waals surface area contributed by atoms with Crippen LogP contribution in [0.25, 0.3) is 11.7 Å². The number of rotatable bonds is 8. The zero-order chi connectivity index (χ0) is 21.5. The van der Waals surface area contributed by atoms with Crippen molar-refractivity contribution in [3.8, 4) is 17.7 Å². The Hall–Kier alpha value is -3.79. The van der Waals surface area contributed by atoms with Crippen molar-refractivity contribution in [2.75, 3.05) is 6.61 Å². The fourth-order valence-electron chi connectivity index (χ4n) is 2.82. The summed E-state index contributed by atoms with van der Waals surface area (Å²) in [7, 11) is 0. The minimum absolute atomic E-state index is 0.0791. The van der Waals surface area contributed by atoms with Crippen molar-refractivity contribution >= 4 is 17.7 Å². The summed E-state index contributed by atoms with van der Waals surface area (Å²) in [5, 5.41) is 9.56. The molecular weight excluding hydrogens is 382 g/mol. The van der Waals surface area contributed by atoms with Gasteiger partial charge in [-0.25, -0.2) is 4.79 Å². The third-order valence-electron chi connectivity index (χ3n) is 4.10. The van der Waals surface area contributed by atoms with Crippen LogP contribution in [0.5, 0.6) is 11.6 Å². The van der Waals surface area contributed by atoms with E-state index in [-0.39, 0.29) is 18.3 Å². The maximum absolute atomic E-state index is 12.5. The molecule has 0 aliphatic rings. The molecule has 2 aromatic heterocycles. The van der Waals surface area contributed by atoms with Crippen molar-refractivity contribution < 1.29 is 19.0 Å². The lowest BCUT2D eigenvalue weighted by atomic mass is 10.2. The summed E-state index contributed by atoms with van der Waals surface area (Å²) in [6.45, 7) is 6.19. The van der Waals surface area contributed by atoms with E-state index in [1.54, 1.807) is 22.7 Å². The van der Waals surface area contributed by atoms with Gasteiger partial charge in [0, 0.05) is 6.20 Å². The predicted molar refractivity (Wildman–Crippen MR) is 112 cm³/mol. The number of nitriles is 1. The minimum atomic E-state index is -0.715. The van der Waals surface area contributed by atoms with E-state index in [2.05, 4.69) is 4.98 Å². The molecule has 0 unspecified atom stereocenters. The maximum Gasteiger partial charge on any atom is 0.349 e. The molecule has 154 valence electrons. The van der Waals surface area contributed by atoms with E-state index in [9.17, 15) is 10.1 Å². The predicted octanol–water partition coefficient (Wildman–Crippen LogP) is 4.17. The monoisotopic (exact) mass is 405 g/mol. The number of pyridine rings is 1. The van der Waals surface area contributed by atoms with E-state index >= 15 is 0 Å². The third kappa shape index (κ3) is 4.78. The Kier molecular flexibility index (Phi) is 6.71. The lowest BCUT2D eigenvalue weighted by Crippen LogP contribution is -2.09. The number of benzene rings is 1. The standard InChI is InChI=1S/C23H23N3O4/c1-4-28-20-11-8-12-26-19(22(25-21(20)26)30-16(2)3)13-18(14-24)23(27)29-15-17-9-6-5-7-10-17/h5-13,16H,4,15H2,1-3H3/b18-13-. The molecule has 0 fully saturated rings. The first-order valence-electron chi connectivity index (χ1n) is 9.66. The molecule has 0 aliphatic heterocycles. The molecule has 7 heteroatoms. The van der Waals surface area contributed by atoms with Crippen molar-refractivity contribution in [3.05, 3.63) is 65.5 Å². The lowest BCUT2D eigenvalue weighted by Gasteiger charge is -2.08. The van der Waals surface area contributed by atoms with E-state index in [1.807, 2.05) is 57.2 Å². The van der Waals surface area contributed by atoms with E-state index in [1.165, 1.54) is 6.08 Å². The van der Waals surface area contributed by atoms with Crippen molar-refractivity contribution in [2.24, 2.45) is 0 Å². The van der Waals surface area contributed by atoms with Crippen LogP contribution in [-0.2, 0) is 16.1 Å². The van der Waals surface area contributed by atoms with Crippen LogP contribution in [0.1, 0.15) is 32.0 Å². The second-order valence-corrected chi connectivity index (χ2v) is 6.70. The summed E-state index contributed by atoms with van der Waals surface area (Å²) in [6, 6.07) is 14.8. The number of fused-ring (bicyclic) bond motifs is 1. The number of hydrogen-bond acceptors (Lipinski definition) is 6. The maximum atomic E-state index is 12.5. The van der Waals surface area contributed by atoms with Gasteiger partial charge in [-0.3, -0.25) is 4.40 Å². The number of carbonyl (C=O) groups is 1. The number of aromatic nitrogens is 2. The molecule has 3 rings (SSSR count). The van der Waals surface area contributed by atoms with E-state index in [0.717, 1.165) is 5.56 Å². The van der Waals surface area contributed by atoms with Crippen molar-refractivity contribution in [2.45, 2.75) is 33.5 Å². The normalized spacial score (nSPS) is 11.4. The highest BCUT2D eigenvalue weighted by molar-refractivity contribution is 5.98. The molecular formula is C23H23N3O4. The lowest BCUT2D eigenvalue weighted by molar-refractivity contribution is -0.139. The zero-order valence-corrected chi connectivity index (χ0v) is 17.2. The van der Waals surface area contributed by atoms with Gasteiger partial charge in [0.2, 0.25) is 5.88 Å². The minimum Gasteiger partial charge on any atom is -0.490 e. The van der Waals surface area contributed by atoms with Crippen LogP contribution in [-0.4, -0.2) is 28.1 Å². The largest absolute Gasteiger partial charge is 0.490 e. The summed E-state index contributed by atoms with van der Waals surface area (Å²) in [4.78, 5) is 17.0. The van der Waals surface area contributed by atoms with Crippen molar-refractivity contribution in [3.63, 3.8) is 0 Å². The summed E-state index contributed by atoms with van der Waals surface area (Å²) >= 11 is 0. The van der Waals surface area contributed by atoms with Crippen LogP contribution < -0.4 is 9.47 Å². The molecule has 0 N–H and O–H groups in total. The number of carbonyl (C=O) groups excluding carboxylic acids is 1. The molecule has 0 saturated carbocycles. The van der Waals surface area contributed by atoms with Gasteiger partial charge in [-0.15, -0.1) is 0 Å². The van der Waals surface area contributed by atoms with Gasteiger partial charge in [-0.2, -0.15) is 10.2 Å². The van der Waals surface area contributed by atoms with Crippen LogP contribution >= 0.6 is 0 Å². The molecule has 0 bridgehead atoms. The van der Waals surface area contributed by atoms with Crippen LogP contribution in [0, 0.1) is 11.3 Å². The average molecular weight is 405 g/mol. The van der Waals surface area contributed by atoms with Gasteiger partial charge in [0.1, 0.15) is 23.9 Å². The number of nitrogens with zero attached hydrogens (tertiary/aromatic N) is 3. The highest BCUT2D eigenvalue weighted by Gasteiger charge is 2.19. The van der Waals surface area contributed by atoms with E-state index in [0.29, 0.717) is 29.6 Å². The fraction of sp³-hybridized carbons (Fsp3) is 0.261. The van der Waals surface area contributed by atoms with E-state index in [4.69, 9.17) is 14.2 Å². The molecule has 0 aliphatic carbocycles. The highest BCUT2D eigenvalue weighted by atomic mass is 16.5. The second kappa shape index (κ2) is 9.61. The van der Waals surface area contributed by atoms with Crippen molar-refractivity contribution in [1.82, 2.24) is 9.38 Å². The number of hydrogen-bond donors (Lipinski definition) is 0. The van der Waals surface area contributed by atoms with Gasteiger partial charge in [0.05, 0.1) is 12.7 Å². The molecule has 30 heavy (non-hydrogen) atoms. The zero-order valence-electron chi connectivity index (χ0n) is 17.2. The van der Waals surface area contributed by atoms with Crippen LogP contribution in [0.15, 0.2) is 54.2 Å². The Bertz CT molecular complexity index is 1090. The van der Waals surface area contributed by atoms with Gasteiger partial charge in [0.25, 0.3) is 0 Å². The Morgan fingerprint density at radius 2 is 2.00 bits per heavy atom. The SMILES string of the molecule is CCOc1cccn2c(/C=C(/C#N)C(=O)OCc3ccccc3)c(OC(C)C)nc12. The first-order chi connectivity index (χ1) is 14.5. The second-order valence-electron chi connectivity index (χ2n) is 6.70. The molecule has 1 aromatic carbocycles. The molecule has 0 amide bonds.